The fraction of sp³-hybridized carbons (Fsp3) is 0.823. The van der Waals surface area contributed by atoms with E-state index >= 15 is 0 Å². The molecule has 10 rings (SSSR count). The highest BCUT2D eigenvalue weighted by Crippen LogP contribution is 2.51. The van der Waals surface area contributed by atoms with E-state index in [0.29, 0.717) is 47.3 Å². The number of carbonyl (C=O) groups excluding carboxylic acids is 2. The molecule has 2 saturated heterocycles. The molecule has 0 radical (unpaired) electrons. The predicted molar refractivity (Wildman–Crippen MR) is 396 cm³/mol. The van der Waals surface area contributed by atoms with Crippen LogP contribution in [0.25, 0.3) is 0 Å². The van der Waals surface area contributed by atoms with E-state index < -0.39 is 0 Å². The highest BCUT2D eigenvalue weighted by molar-refractivity contribution is 5.85. The smallest absolute Gasteiger partial charge is 0.228 e. The van der Waals surface area contributed by atoms with Crippen LogP contribution in [0, 0.1) is 34.5 Å². The largest absolute Gasteiger partial charge is 0.384 e. The second-order valence-corrected chi connectivity index (χ2v) is 32.3. The normalized spacial score (nSPS) is 24.5. The SMILES string of the molecule is CCCCN(C)Cc1cn[nH]c1C1CCC(COC)CC1.CCCCN(C)Cc1cn[nH]c1C1CCC(COC)CC1.CCCCN(C)Cc1cn[nH]c1C1CCC2(CC1)CC(=O)N(CCC(C)C)C2.CCCCN(C)Cc1cn[nH]c1C1CCC2(CC1)CCN(CC(C)C)C2=O. The van der Waals surface area contributed by atoms with E-state index in [1.807, 2.05) is 39.0 Å². The van der Waals surface area contributed by atoms with Crippen LogP contribution < -0.4 is 0 Å². The molecule has 4 aromatic heterocycles. The van der Waals surface area contributed by atoms with Gasteiger partial charge in [0.05, 0.1) is 30.2 Å². The standard InChI is InChI=1S/C23H40N4O.C22H38N4O.2C17H31N3O/c1-5-6-12-26(4)16-20-15-24-25-22(20)19-7-10-23(11-8-19)14-21(28)27(17-23)13-9-18(2)3;1-5-6-12-25(4)16-19-14-23-24-20(19)18-7-9-22(10-8-18)11-13-26(21(22)27)15-17(2)3;2*1-4-5-10-20(2)12-16-11-18-19-17(16)15-8-6-14(7-9-15)13-21-3/h15,18-19H,5-14,16-17H2,1-4H3,(H,24,25);14,17-18H,5-13,15-16H2,1-4H3,(H,23,24);2*11,14-15H,4-10,12-13H2,1-3H3,(H,18,19). The zero-order valence-corrected chi connectivity index (χ0v) is 64.0. The maximum Gasteiger partial charge on any atom is 0.228 e. The Morgan fingerprint density at radius 1 is 0.485 bits per heavy atom. The van der Waals surface area contributed by atoms with E-state index in [0.717, 1.165) is 135 Å². The van der Waals surface area contributed by atoms with Crippen LogP contribution in [0.3, 0.4) is 0 Å². The summed E-state index contributed by atoms with van der Waals surface area (Å²) in [6.07, 6.45) is 40.2. The molecule has 2 aliphatic heterocycles. The second-order valence-electron chi connectivity index (χ2n) is 32.3. The fourth-order valence-corrected chi connectivity index (χ4v) is 17.0. The number of H-pyrrole nitrogens is 4. The topological polar surface area (TPSA) is 187 Å². The third-order valence-electron chi connectivity index (χ3n) is 23.0. The number of nitrogens with zero attached hydrogens (tertiary/aromatic N) is 10. The molecule has 18 nitrogen and oxygen atoms in total. The van der Waals surface area contributed by atoms with Crippen LogP contribution in [-0.2, 0) is 45.2 Å². The first-order valence-electron chi connectivity index (χ1n) is 39.2. The molecule has 18 heteroatoms. The molecule has 550 valence electrons. The van der Waals surface area contributed by atoms with Crippen LogP contribution in [0.5, 0.6) is 0 Å². The van der Waals surface area contributed by atoms with Gasteiger partial charge in [-0.05, 0) is 225 Å². The summed E-state index contributed by atoms with van der Waals surface area (Å²) in [5, 5.41) is 30.5. The summed E-state index contributed by atoms with van der Waals surface area (Å²) in [7, 11) is 12.4. The van der Waals surface area contributed by atoms with Crippen LogP contribution in [0.4, 0.5) is 0 Å². The summed E-state index contributed by atoms with van der Waals surface area (Å²) in [5.41, 5.74) is 11.1. The van der Waals surface area contributed by atoms with Crippen molar-refractivity contribution < 1.29 is 19.1 Å². The zero-order chi connectivity index (χ0) is 69.7. The first-order chi connectivity index (χ1) is 46.9. The molecule has 0 bridgehead atoms. The molecular formula is C79H140N14O4. The minimum Gasteiger partial charge on any atom is -0.384 e. The van der Waals surface area contributed by atoms with Crippen molar-refractivity contribution in [3.8, 4) is 0 Å². The van der Waals surface area contributed by atoms with Gasteiger partial charge in [-0.15, -0.1) is 0 Å². The molecule has 4 saturated carbocycles. The molecule has 0 atom stereocenters. The Bertz CT molecular complexity index is 2700. The summed E-state index contributed by atoms with van der Waals surface area (Å²) >= 11 is 0. The van der Waals surface area contributed by atoms with Crippen molar-refractivity contribution in [1.29, 1.82) is 0 Å². The number of hydrogen-bond donors (Lipinski definition) is 4. The average molecular weight is 1350 g/mol. The van der Waals surface area contributed by atoms with Crippen molar-refractivity contribution in [1.82, 2.24) is 70.2 Å². The van der Waals surface area contributed by atoms with Crippen LogP contribution >= 0.6 is 0 Å². The Hall–Kier alpha value is -4.46. The lowest BCUT2D eigenvalue weighted by molar-refractivity contribution is -0.138. The molecule has 97 heavy (non-hydrogen) atoms. The fourth-order valence-electron chi connectivity index (χ4n) is 17.0. The van der Waals surface area contributed by atoms with Gasteiger partial charge in [-0.2, -0.15) is 20.4 Å². The maximum atomic E-state index is 13.0. The number of unbranched alkanes of at least 4 members (excludes halogenated alkanes) is 4. The average Bonchev–Trinajstić information content (AvgIpc) is 1.66. The molecule has 6 heterocycles. The van der Waals surface area contributed by atoms with Crippen LogP contribution in [0.2, 0.25) is 0 Å². The highest BCUT2D eigenvalue weighted by atomic mass is 16.5. The number of amides is 2. The number of carbonyl (C=O) groups is 2. The predicted octanol–water partition coefficient (Wildman–Crippen LogP) is 15.9. The van der Waals surface area contributed by atoms with Crippen LogP contribution in [0.1, 0.15) is 297 Å². The van der Waals surface area contributed by atoms with E-state index in [-0.39, 0.29) is 10.8 Å². The van der Waals surface area contributed by atoms with Gasteiger partial charge in [0.2, 0.25) is 11.8 Å². The van der Waals surface area contributed by atoms with Gasteiger partial charge in [0.25, 0.3) is 0 Å². The lowest BCUT2D eigenvalue weighted by atomic mass is 9.68. The molecule has 6 fully saturated rings. The number of likely N-dealkylation sites (tertiary alicyclic amines) is 2. The first-order valence-corrected chi connectivity index (χ1v) is 39.2. The van der Waals surface area contributed by atoms with Crippen molar-refractivity contribution in [2.24, 2.45) is 34.5 Å². The molecule has 4 aromatic rings. The lowest BCUT2D eigenvalue weighted by Crippen LogP contribution is -2.38. The van der Waals surface area contributed by atoms with Crippen molar-refractivity contribution in [3.63, 3.8) is 0 Å². The molecule has 2 amide bonds. The number of methoxy groups -OCH3 is 2. The van der Waals surface area contributed by atoms with Gasteiger partial charge >= 0.3 is 0 Å². The molecule has 4 N–H and O–H groups in total. The van der Waals surface area contributed by atoms with Gasteiger partial charge in [-0.3, -0.25) is 30.0 Å². The molecule has 2 spiro atoms. The number of aromatic nitrogens is 8. The Morgan fingerprint density at radius 3 is 1.16 bits per heavy atom. The first kappa shape index (κ1) is 79.9. The zero-order valence-electron chi connectivity index (χ0n) is 64.0. The number of hydrogen-bond acceptors (Lipinski definition) is 12. The van der Waals surface area contributed by atoms with Gasteiger partial charge in [0.15, 0.2) is 0 Å². The minimum absolute atomic E-state index is 0.0660. The number of nitrogens with one attached hydrogen (secondary N) is 4. The molecule has 0 unspecified atom stereocenters. The summed E-state index contributed by atoms with van der Waals surface area (Å²) in [6.45, 7) is 32.1. The Labute approximate surface area is 589 Å². The van der Waals surface area contributed by atoms with Gasteiger partial charge in [-0.1, -0.05) is 81.1 Å². The van der Waals surface area contributed by atoms with Gasteiger partial charge in [-0.25, -0.2) is 0 Å². The van der Waals surface area contributed by atoms with Crippen molar-refractivity contribution in [2.45, 2.75) is 279 Å². The van der Waals surface area contributed by atoms with Gasteiger partial charge < -0.3 is 38.9 Å². The molecule has 0 aromatic carbocycles. The van der Waals surface area contributed by atoms with E-state index in [2.05, 4.69) is 154 Å². The number of ether oxygens (including phenoxy) is 2. The third kappa shape index (κ3) is 24.7. The van der Waals surface area contributed by atoms with E-state index in [1.54, 1.807) is 0 Å². The molecule has 4 aliphatic carbocycles. The third-order valence-corrected chi connectivity index (χ3v) is 23.0. The van der Waals surface area contributed by atoms with Crippen molar-refractivity contribution in [2.75, 3.05) is 108 Å². The maximum absolute atomic E-state index is 13.0. The van der Waals surface area contributed by atoms with E-state index in [4.69, 9.17) is 9.47 Å². The van der Waals surface area contributed by atoms with Crippen LogP contribution in [0.15, 0.2) is 24.8 Å². The van der Waals surface area contributed by atoms with Gasteiger partial charge in [0.1, 0.15) is 0 Å². The summed E-state index contributed by atoms with van der Waals surface area (Å²) < 4.78 is 10.6. The number of aromatic amines is 4. The van der Waals surface area contributed by atoms with E-state index in [9.17, 15) is 9.59 Å². The Balaban J connectivity index is 0.000000184. The quantitative estimate of drug-likeness (QED) is 0.0354. The lowest BCUT2D eigenvalue weighted by Gasteiger charge is -2.36. The van der Waals surface area contributed by atoms with Crippen molar-refractivity contribution >= 4 is 11.8 Å². The monoisotopic (exact) mass is 1350 g/mol. The Kier molecular flexibility index (Phi) is 34.1. The Morgan fingerprint density at radius 2 is 0.835 bits per heavy atom. The van der Waals surface area contributed by atoms with Gasteiger partial charge in [0, 0.05) is 155 Å². The molecule has 6 aliphatic rings. The summed E-state index contributed by atoms with van der Waals surface area (Å²) in [5.74, 6) is 5.96. The van der Waals surface area contributed by atoms with Crippen molar-refractivity contribution in [3.05, 3.63) is 69.8 Å². The van der Waals surface area contributed by atoms with E-state index in [1.165, 1.54) is 187 Å². The summed E-state index contributed by atoms with van der Waals surface area (Å²) in [6, 6.07) is 0. The number of rotatable bonds is 33. The highest BCUT2D eigenvalue weighted by Gasteiger charge is 2.49. The summed E-state index contributed by atoms with van der Waals surface area (Å²) in [4.78, 5) is 39.4. The molecular weight excluding hydrogens is 1210 g/mol. The minimum atomic E-state index is -0.0660. The van der Waals surface area contributed by atoms with Crippen LogP contribution in [-0.4, -0.2) is 190 Å². The second kappa shape index (κ2) is 41.5.